The smallest absolute Gasteiger partial charge is 0.320 e. The summed E-state index contributed by atoms with van der Waals surface area (Å²) in [5.41, 5.74) is 0. The Hall–Kier alpha value is -1.56. The lowest BCUT2D eigenvalue weighted by Gasteiger charge is -2.24. The van der Waals surface area contributed by atoms with Crippen LogP contribution in [0.2, 0.25) is 0 Å². The van der Waals surface area contributed by atoms with Gasteiger partial charge in [0.2, 0.25) is 0 Å². The molecule has 1 aromatic heterocycles. The fourth-order valence-corrected chi connectivity index (χ4v) is 3.04. The van der Waals surface area contributed by atoms with E-state index < -0.39 is 0 Å². The highest BCUT2D eigenvalue weighted by molar-refractivity contribution is 5.88. The molecule has 0 aliphatic heterocycles. The van der Waals surface area contributed by atoms with Crippen LogP contribution in [0, 0.1) is 11.8 Å². The zero-order valence-electron chi connectivity index (χ0n) is 13.6. The summed E-state index contributed by atoms with van der Waals surface area (Å²) < 4.78 is 1.81. The number of urea groups is 1. The molecule has 2 atom stereocenters. The van der Waals surface area contributed by atoms with Crippen molar-refractivity contribution in [3.05, 3.63) is 12.3 Å². The second-order valence-electron chi connectivity index (χ2n) is 6.58. The Kier molecular flexibility index (Phi) is 6.24. The summed E-state index contributed by atoms with van der Waals surface area (Å²) in [6.45, 7) is 5.13. The number of nitrogens with zero attached hydrogens (tertiary/aromatic N) is 2. The third-order valence-electron chi connectivity index (χ3n) is 4.21. The van der Waals surface area contributed by atoms with E-state index in [1.165, 1.54) is 6.42 Å². The molecular formula is C16H28N4O2. The van der Waals surface area contributed by atoms with Gasteiger partial charge < -0.3 is 10.4 Å². The van der Waals surface area contributed by atoms with Gasteiger partial charge in [-0.3, -0.25) is 5.32 Å². The van der Waals surface area contributed by atoms with Crippen molar-refractivity contribution in [3.8, 4) is 0 Å². The zero-order valence-corrected chi connectivity index (χ0v) is 13.6. The predicted octanol–water partition coefficient (Wildman–Crippen LogP) is 2.60. The second-order valence-corrected chi connectivity index (χ2v) is 6.58. The molecule has 1 aromatic rings. The second kappa shape index (κ2) is 8.17. The number of carbonyl (C=O) groups is 1. The predicted molar refractivity (Wildman–Crippen MR) is 86.7 cm³/mol. The van der Waals surface area contributed by atoms with Crippen molar-refractivity contribution < 1.29 is 9.90 Å². The lowest BCUT2D eigenvalue weighted by Crippen LogP contribution is -2.43. The molecule has 124 valence electrons. The molecule has 2 rings (SSSR count). The van der Waals surface area contributed by atoms with E-state index in [4.69, 9.17) is 0 Å². The van der Waals surface area contributed by atoms with Gasteiger partial charge in [0, 0.05) is 31.2 Å². The highest BCUT2D eigenvalue weighted by atomic mass is 16.3. The average molecular weight is 308 g/mol. The molecule has 0 bridgehead atoms. The molecule has 0 spiro atoms. The largest absolute Gasteiger partial charge is 0.396 e. The minimum Gasteiger partial charge on any atom is -0.396 e. The lowest BCUT2D eigenvalue weighted by atomic mass is 9.96. The van der Waals surface area contributed by atoms with Gasteiger partial charge in [0.05, 0.1) is 6.20 Å². The van der Waals surface area contributed by atoms with Gasteiger partial charge >= 0.3 is 6.03 Å². The number of nitrogens with one attached hydrogen (secondary N) is 2. The van der Waals surface area contributed by atoms with Gasteiger partial charge in [-0.2, -0.15) is 5.10 Å². The third-order valence-corrected chi connectivity index (χ3v) is 4.21. The molecule has 1 fully saturated rings. The number of aromatic nitrogens is 2. The van der Waals surface area contributed by atoms with Crippen LogP contribution in [0.4, 0.5) is 10.6 Å². The van der Waals surface area contributed by atoms with Crippen LogP contribution in [0.5, 0.6) is 0 Å². The van der Waals surface area contributed by atoms with E-state index in [2.05, 4.69) is 29.6 Å². The number of hydrogen-bond acceptors (Lipinski definition) is 3. The van der Waals surface area contributed by atoms with E-state index in [-0.39, 0.29) is 24.6 Å². The topological polar surface area (TPSA) is 79.2 Å². The first kappa shape index (κ1) is 16.8. The summed E-state index contributed by atoms with van der Waals surface area (Å²) >= 11 is 0. The molecule has 0 radical (unpaired) electrons. The first-order valence-electron chi connectivity index (χ1n) is 8.30. The molecule has 1 saturated carbocycles. The first-order chi connectivity index (χ1) is 10.6. The van der Waals surface area contributed by atoms with E-state index >= 15 is 0 Å². The van der Waals surface area contributed by atoms with Crippen molar-refractivity contribution in [2.45, 2.75) is 58.5 Å². The Bertz CT molecular complexity index is 472. The quantitative estimate of drug-likeness (QED) is 0.732. The van der Waals surface area contributed by atoms with Crippen molar-refractivity contribution >= 4 is 11.8 Å². The standard InChI is InChI=1S/C16H28N4O2/c1-12(2)10-20-15(8-9-17-20)19-16(22)18-14-7-5-3-4-6-13(14)11-21/h8-9,12-14,21H,3-7,10-11H2,1-2H3,(H2,18,19,22). The summed E-state index contributed by atoms with van der Waals surface area (Å²) in [6, 6.07) is 1.64. The maximum atomic E-state index is 12.2. The van der Waals surface area contributed by atoms with Crippen LogP contribution < -0.4 is 10.6 Å². The monoisotopic (exact) mass is 308 g/mol. The molecule has 1 aliphatic rings. The number of carbonyl (C=O) groups excluding carboxylic acids is 1. The van der Waals surface area contributed by atoms with Crippen molar-refractivity contribution in [2.75, 3.05) is 11.9 Å². The molecular weight excluding hydrogens is 280 g/mol. The zero-order chi connectivity index (χ0) is 15.9. The molecule has 2 amide bonds. The molecule has 2 unspecified atom stereocenters. The number of anilines is 1. The highest BCUT2D eigenvalue weighted by Crippen LogP contribution is 2.23. The van der Waals surface area contributed by atoms with Crippen LogP contribution in [0.25, 0.3) is 0 Å². The fraction of sp³-hybridized carbons (Fsp3) is 0.750. The number of aliphatic hydroxyl groups is 1. The maximum Gasteiger partial charge on any atom is 0.320 e. The van der Waals surface area contributed by atoms with Gasteiger partial charge in [-0.05, 0) is 18.8 Å². The highest BCUT2D eigenvalue weighted by Gasteiger charge is 2.24. The maximum absolute atomic E-state index is 12.2. The van der Waals surface area contributed by atoms with Gasteiger partial charge in [0.1, 0.15) is 5.82 Å². The van der Waals surface area contributed by atoms with Gasteiger partial charge in [0.15, 0.2) is 0 Å². The molecule has 1 aliphatic carbocycles. The minimum absolute atomic E-state index is 0.0500. The summed E-state index contributed by atoms with van der Waals surface area (Å²) in [6.07, 6.45) is 7.02. The van der Waals surface area contributed by atoms with Crippen molar-refractivity contribution in [1.82, 2.24) is 15.1 Å². The SMILES string of the molecule is CC(C)Cn1nccc1NC(=O)NC1CCCCCC1CO. The summed E-state index contributed by atoms with van der Waals surface area (Å²) in [7, 11) is 0. The van der Waals surface area contributed by atoms with E-state index in [9.17, 15) is 9.90 Å². The van der Waals surface area contributed by atoms with Crippen molar-refractivity contribution in [1.29, 1.82) is 0 Å². The molecule has 6 nitrogen and oxygen atoms in total. The number of rotatable bonds is 5. The first-order valence-corrected chi connectivity index (χ1v) is 8.30. The van der Waals surface area contributed by atoms with Gasteiger partial charge in [-0.1, -0.05) is 33.1 Å². The van der Waals surface area contributed by atoms with Crippen LogP contribution in [-0.2, 0) is 6.54 Å². The van der Waals surface area contributed by atoms with Gasteiger partial charge in [-0.25, -0.2) is 9.48 Å². The van der Waals surface area contributed by atoms with Crippen molar-refractivity contribution in [3.63, 3.8) is 0 Å². The molecule has 22 heavy (non-hydrogen) atoms. The van der Waals surface area contributed by atoms with Crippen LogP contribution in [-0.4, -0.2) is 33.6 Å². The number of hydrogen-bond donors (Lipinski definition) is 3. The molecule has 6 heteroatoms. The van der Waals surface area contributed by atoms with E-state index in [1.54, 1.807) is 16.9 Å². The Morgan fingerprint density at radius 2 is 2.18 bits per heavy atom. The number of aliphatic hydroxyl groups excluding tert-OH is 1. The molecule has 1 heterocycles. The van der Waals surface area contributed by atoms with Crippen LogP contribution in [0.1, 0.15) is 46.0 Å². The Balaban J connectivity index is 1.93. The Morgan fingerprint density at radius 1 is 1.41 bits per heavy atom. The fourth-order valence-electron chi connectivity index (χ4n) is 3.04. The summed E-state index contributed by atoms with van der Waals surface area (Å²) in [4.78, 5) is 12.2. The van der Waals surface area contributed by atoms with Crippen LogP contribution in [0.15, 0.2) is 12.3 Å². The van der Waals surface area contributed by atoms with Crippen LogP contribution >= 0.6 is 0 Å². The normalized spacial score (nSPS) is 22.4. The van der Waals surface area contributed by atoms with Gasteiger partial charge in [0.25, 0.3) is 0 Å². The van der Waals surface area contributed by atoms with E-state index in [0.717, 1.165) is 32.2 Å². The van der Waals surface area contributed by atoms with Crippen molar-refractivity contribution in [2.24, 2.45) is 11.8 Å². The molecule has 0 saturated heterocycles. The van der Waals surface area contributed by atoms with E-state index in [0.29, 0.717) is 11.7 Å². The third kappa shape index (κ3) is 4.73. The Labute approximate surface area is 132 Å². The molecule has 3 N–H and O–H groups in total. The van der Waals surface area contributed by atoms with Crippen LogP contribution in [0.3, 0.4) is 0 Å². The van der Waals surface area contributed by atoms with Gasteiger partial charge in [-0.15, -0.1) is 0 Å². The minimum atomic E-state index is -0.212. The Morgan fingerprint density at radius 3 is 2.91 bits per heavy atom. The summed E-state index contributed by atoms with van der Waals surface area (Å²) in [5.74, 6) is 1.33. The average Bonchev–Trinajstić information content (AvgIpc) is 2.75. The lowest BCUT2D eigenvalue weighted by molar-refractivity contribution is 0.182. The molecule has 0 aromatic carbocycles. The number of amides is 2. The van der Waals surface area contributed by atoms with E-state index in [1.807, 2.05) is 0 Å². The summed E-state index contributed by atoms with van der Waals surface area (Å²) in [5, 5.41) is 19.7.